The van der Waals surface area contributed by atoms with E-state index in [1.54, 1.807) is 6.08 Å². The summed E-state index contributed by atoms with van der Waals surface area (Å²) in [5, 5.41) is 11.6. The molecule has 2 aromatic rings. The molecule has 134 valence electrons. The maximum atomic E-state index is 12.1. The predicted molar refractivity (Wildman–Crippen MR) is 99.1 cm³/mol. The summed E-state index contributed by atoms with van der Waals surface area (Å²) in [5.41, 5.74) is 4.52. The van der Waals surface area contributed by atoms with Gasteiger partial charge in [0.25, 0.3) is 0 Å². The number of rotatable bonds is 7. The Morgan fingerprint density at radius 2 is 1.69 bits per heavy atom. The highest BCUT2D eigenvalue weighted by molar-refractivity contribution is 5.81. The van der Waals surface area contributed by atoms with Crippen LogP contribution in [-0.2, 0) is 9.53 Å². The predicted octanol–water partition coefficient (Wildman–Crippen LogP) is 3.94. The highest BCUT2D eigenvalue weighted by Crippen LogP contribution is 2.44. The smallest absolute Gasteiger partial charge is 0.407 e. The number of hydrogen-bond acceptors (Lipinski definition) is 3. The zero-order chi connectivity index (χ0) is 18.5. The van der Waals surface area contributed by atoms with E-state index in [-0.39, 0.29) is 18.9 Å². The molecule has 26 heavy (non-hydrogen) atoms. The summed E-state index contributed by atoms with van der Waals surface area (Å²) in [4.78, 5) is 23.3. The highest BCUT2D eigenvalue weighted by atomic mass is 16.5. The second kappa shape index (κ2) is 7.87. The van der Waals surface area contributed by atoms with Gasteiger partial charge in [0, 0.05) is 5.92 Å². The third kappa shape index (κ3) is 3.61. The Bertz CT molecular complexity index is 785. The van der Waals surface area contributed by atoms with Gasteiger partial charge in [0.1, 0.15) is 12.6 Å². The van der Waals surface area contributed by atoms with Crippen molar-refractivity contribution in [2.75, 3.05) is 6.61 Å². The van der Waals surface area contributed by atoms with Gasteiger partial charge >= 0.3 is 12.1 Å². The van der Waals surface area contributed by atoms with Crippen LogP contribution in [0.3, 0.4) is 0 Å². The van der Waals surface area contributed by atoms with Crippen molar-refractivity contribution in [1.29, 1.82) is 0 Å². The quantitative estimate of drug-likeness (QED) is 0.741. The molecule has 1 atom stereocenters. The van der Waals surface area contributed by atoms with Crippen molar-refractivity contribution in [3.8, 4) is 11.1 Å². The molecule has 2 aromatic carbocycles. The lowest BCUT2D eigenvalue weighted by molar-refractivity contribution is -0.139. The molecule has 1 aliphatic rings. The van der Waals surface area contributed by atoms with Gasteiger partial charge in [-0.15, -0.1) is 6.58 Å². The van der Waals surface area contributed by atoms with Gasteiger partial charge in [-0.05, 0) is 35.1 Å². The van der Waals surface area contributed by atoms with Gasteiger partial charge in [0.15, 0.2) is 0 Å². The molecule has 0 fully saturated rings. The molecular weight excluding hydrogens is 330 g/mol. The molecule has 0 saturated heterocycles. The van der Waals surface area contributed by atoms with Crippen molar-refractivity contribution in [2.45, 2.75) is 24.8 Å². The molecule has 1 aliphatic carbocycles. The Kier molecular flexibility index (Phi) is 5.37. The number of allylic oxidation sites excluding steroid dienone is 1. The first-order valence-electron chi connectivity index (χ1n) is 8.57. The van der Waals surface area contributed by atoms with Crippen LogP contribution in [0.1, 0.15) is 29.9 Å². The van der Waals surface area contributed by atoms with E-state index >= 15 is 0 Å². The second-order valence-corrected chi connectivity index (χ2v) is 6.23. The maximum Gasteiger partial charge on any atom is 0.407 e. The number of nitrogens with one attached hydrogen (secondary N) is 1. The van der Waals surface area contributed by atoms with E-state index in [2.05, 4.69) is 24.0 Å². The Balaban J connectivity index is 1.69. The van der Waals surface area contributed by atoms with Crippen LogP contribution in [0.4, 0.5) is 4.79 Å². The molecular formula is C21H21NO4. The third-order valence-corrected chi connectivity index (χ3v) is 4.59. The van der Waals surface area contributed by atoms with E-state index in [0.717, 1.165) is 22.3 Å². The van der Waals surface area contributed by atoms with E-state index in [1.807, 2.05) is 36.4 Å². The molecule has 1 amide bonds. The third-order valence-electron chi connectivity index (χ3n) is 4.59. The van der Waals surface area contributed by atoms with Crippen LogP contribution in [0.15, 0.2) is 61.2 Å². The van der Waals surface area contributed by atoms with Crippen LogP contribution in [0, 0.1) is 0 Å². The van der Waals surface area contributed by atoms with Crippen LogP contribution in [0.2, 0.25) is 0 Å². The molecule has 2 N–H and O–H groups in total. The minimum absolute atomic E-state index is 0.0513. The number of carbonyl (C=O) groups excluding carboxylic acids is 1. The van der Waals surface area contributed by atoms with E-state index < -0.39 is 18.1 Å². The number of hydrogen-bond donors (Lipinski definition) is 2. The van der Waals surface area contributed by atoms with Crippen molar-refractivity contribution in [2.24, 2.45) is 0 Å². The van der Waals surface area contributed by atoms with Crippen LogP contribution in [-0.4, -0.2) is 29.8 Å². The van der Waals surface area contributed by atoms with E-state index in [9.17, 15) is 14.7 Å². The van der Waals surface area contributed by atoms with Gasteiger partial charge in [-0.25, -0.2) is 9.59 Å². The van der Waals surface area contributed by atoms with Crippen molar-refractivity contribution in [3.05, 3.63) is 72.3 Å². The lowest BCUT2D eigenvalue weighted by Gasteiger charge is -2.17. The van der Waals surface area contributed by atoms with Crippen molar-refractivity contribution >= 4 is 12.1 Å². The molecule has 0 spiro atoms. The van der Waals surface area contributed by atoms with Gasteiger partial charge in [0.2, 0.25) is 0 Å². The topological polar surface area (TPSA) is 75.6 Å². The summed E-state index contributed by atoms with van der Waals surface area (Å²) >= 11 is 0. The summed E-state index contributed by atoms with van der Waals surface area (Å²) in [7, 11) is 0. The summed E-state index contributed by atoms with van der Waals surface area (Å²) in [6.07, 6.45) is 1.68. The van der Waals surface area contributed by atoms with Crippen molar-refractivity contribution < 1.29 is 19.4 Å². The Hall–Kier alpha value is -3.08. The SMILES string of the molecule is C=CCC[C@H](NC(=O)OCC1c2ccccc2-c2ccccc21)C(=O)O. The Morgan fingerprint density at radius 1 is 1.12 bits per heavy atom. The minimum atomic E-state index is -1.08. The number of carboxylic acid groups (broad SMARTS) is 1. The number of amides is 1. The minimum Gasteiger partial charge on any atom is -0.480 e. The highest BCUT2D eigenvalue weighted by Gasteiger charge is 2.29. The fourth-order valence-corrected chi connectivity index (χ4v) is 3.32. The van der Waals surface area contributed by atoms with Gasteiger partial charge in [-0.3, -0.25) is 0 Å². The standard InChI is InChI=1S/C21H21NO4/c1-2-3-12-19(20(23)24)22-21(25)26-13-18-16-10-6-4-8-14(16)15-9-5-7-11-17(15)18/h2,4-11,18-19H,1,3,12-13H2,(H,22,25)(H,23,24)/t19-/m0/s1. The first-order valence-corrected chi connectivity index (χ1v) is 8.57. The molecule has 0 saturated carbocycles. The van der Waals surface area contributed by atoms with Gasteiger partial charge in [0.05, 0.1) is 0 Å². The summed E-state index contributed by atoms with van der Waals surface area (Å²) in [6, 6.07) is 15.1. The van der Waals surface area contributed by atoms with E-state index in [4.69, 9.17) is 4.74 Å². The van der Waals surface area contributed by atoms with Gasteiger partial charge < -0.3 is 15.2 Å². The van der Waals surface area contributed by atoms with Crippen LogP contribution < -0.4 is 5.32 Å². The number of fused-ring (bicyclic) bond motifs is 3. The number of carbonyl (C=O) groups is 2. The molecule has 0 unspecified atom stereocenters. The van der Waals surface area contributed by atoms with Crippen molar-refractivity contribution in [1.82, 2.24) is 5.32 Å². The summed E-state index contributed by atoms with van der Waals surface area (Å²) < 4.78 is 5.36. The lowest BCUT2D eigenvalue weighted by atomic mass is 9.98. The van der Waals surface area contributed by atoms with Crippen LogP contribution >= 0.6 is 0 Å². The molecule has 0 radical (unpaired) electrons. The largest absolute Gasteiger partial charge is 0.480 e. The molecule has 0 bridgehead atoms. The molecule has 5 heteroatoms. The molecule has 5 nitrogen and oxygen atoms in total. The van der Waals surface area contributed by atoms with E-state index in [1.165, 1.54) is 0 Å². The molecule has 0 aromatic heterocycles. The Morgan fingerprint density at radius 3 is 2.23 bits per heavy atom. The number of aliphatic carboxylic acids is 1. The van der Waals surface area contributed by atoms with Gasteiger partial charge in [-0.2, -0.15) is 0 Å². The summed E-state index contributed by atoms with van der Waals surface area (Å²) in [5.74, 6) is -1.13. The van der Waals surface area contributed by atoms with E-state index in [0.29, 0.717) is 6.42 Å². The second-order valence-electron chi connectivity index (χ2n) is 6.23. The number of ether oxygens (including phenoxy) is 1. The average molecular weight is 351 g/mol. The molecule has 3 rings (SSSR count). The van der Waals surface area contributed by atoms with Crippen LogP contribution in [0.25, 0.3) is 11.1 Å². The normalized spacial score (nSPS) is 13.4. The average Bonchev–Trinajstić information content (AvgIpc) is 2.97. The molecule has 0 heterocycles. The first-order chi connectivity index (χ1) is 12.6. The fraction of sp³-hybridized carbons (Fsp3) is 0.238. The first kappa shape index (κ1) is 17.7. The maximum absolute atomic E-state index is 12.1. The van der Waals surface area contributed by atoms with Gasteiger partial charge in [-0.1, -0.05) is 54.6 Å². The number of alkyl carbamates (subject to hydrolysis) is 1. The zero-order valence-electron chi connectivity index (χ0n) is 14.4. The number of benzene rings is 2. The lowest BCUT2D eigenvalue weighted by Crippen LogP contribution is -2.41. The monoisotopic (exact) mass is 351 g/mol. The van der Waals surface area contributed by atoms with Crippen LogP contribution in [0.5, 0.6) is 0 Å². The summed E-state index contributed by atoms with van der Waals surface area (Å²) in [6.45, 7) is 3.73. The molecule has 0 aliphatic heterocycles. The van der Waals surface area contributed by atoms with Crippen molar-refractivity contribution in [3.63, 3.8) is 0 Å². The zero-order valence-corrected chi connectivity index (χ0v) is 14.4. The fourth-order valence-electron chi connectivity index (χ4n) is 3.32. The Labute approximate surface area is 152 Å². The number of carboxylic acids is 1.